The van der Waals surface area contributed by atoms with E-state index in [2.05, 4.69) is 34.1 Å². The summed E-state index contributed by atoms with van der Waals surface area (Å²) < 4.78 is 12.3. The molecule has 0 saturated heterocycles. The fourth-order valence-electron chi connectivity index (χ4n) is 3.51. The number of hydrogen-bond acceptors (Lipinski definition) is 7. The Balaban J connectivity index is 1.76. The Morgan fingerprint density at radius 2 is 1.65 bits per heavy atom. The molecule has 2 heterocycles. The number of amides is 1. The summed E-state index contributed by atoms with van der Waals surface area (Å²) in [6.07, 6.45) is 12.9. The second-order valence-corrected chi connectivity index (χ2v) is 8.44. The van der Waals surface area contributed by atoms with Gasteiger partial charge in [-0.2, -0.15) is 4.98 Å². The first-order valence-electron chi connectivity index (χ1n) is 12.5. The molecule has 0 aliphatic rings. The highest BCUT2D eigenvalue weighted by molar-refractivity contribution is 5.89. The Kier molecular flexibility index (Phi) is 12.9. The molecular formula is C24H39N5O5. The molecule has 0 spiro atoms. The third-order valence-corrected chi connectivity index (χ3v) is 5.45. The van der Waals surface area contributed by atoms with Crippen molar-refractivity contribution in [1.29, 1.82) is 0 Å². The number of carbonyl (C=O) groups excluding carboxylic acids is 2. The molecule has 0 aliphatic carbocycles. The minimum atomic E-state index is -0.435. The Bertz CT molecular complexity index is 939. The first-order valence-corrected chi connectivity index (χ1v) is 12.5. The van der Waals surface area contributed by atoms with Crippen LogP contribution < -0.4 is 10.9 Å². The van der Waals surface area contributed by atoms with E-state index in [0.29, 0.717) is 18.5 Å². The SMILES string of the molecule is CCCCCCCC(=O)Nc1nc2c(ncn2COCCOC(=O)CCCCCCC)c(=O)[nH]1. The average molecular weight is 478 g/mol. The molecule has 0 aromatic carbocycles. The van der Waals surface area contributed by atoms with Gasteiger partial charge in [0.05, 0.1) is 12.9 Å². The van der Waals surface area contributed by atoms with E-state index in [4.69, 9.17) is 9.47 Å². The molecule has 10 nitrogen and oxygen atoms in total. The molecule has 0 atom stereocenters. The smallest absolute Gasteiger partial charge is 0.305 e. The van der Waals surface area contributed by atoms with Gasteiger partial charge in [-0.25, -0.2) is 4.98 Å². The Labute approximate surface area is 200 Å². The van der Waals surface area contributed by atoms with Crippen molar-refractivity contribution in [2.24, 2.45) is 0 Å². The zero-order chi connectivity index (χ0) is 24.6. The highest BCUT2D eigenvalue weighted by Gasteiger charge is 2.12. The number of aromatic nitrogens is 4. The molecule has 2 aromatic heterocycles. The molecule has 0 radical (unpaired) electrons. The number of esters is 1. The Morgan fingerprint density at radius 3 is 2.35 bits per heavy atom. The molecule has 0 saturated carbocycles. The van der Waals surface area contributed by atoms with Crippen LogP contribution in [0.4, 0.5) is 5.95 Å². The predicted octanol–water partition coefficient (Wildman–Crippen LogP) is 4.30. The number of anilines is 1. The number of unbranched alkanes of at least 4 members (excludes halogenated alkanes) is 8. The number of imidazole rings is 1. The van der Waals surface area contributed by atoms with Gasteiger partial charge in [-0.15, -0.1) is 0 Å². The molecule has 10 heteroatoms. The summed E-state index contributed by atoms with van der Waals surface area (Å²) in [5.74, 6) is -0.314. The maximum Gasteiger partial charge on any atom is 0.305 e. The minimum Gasteiger partial charge on any atom is -0.463 e. The van der Waals surface area contributed by atoms with E-state index in [1.165, 1.54) is 25.6 Å². The van der Waals surface area contributed by atoms with Gasteiger partial charge >= 0.3 is 5.97 Å². The first-order chi connectivity index (χ1) is 16.5. The lowest BCUT2D eigenvalue weighted by Crippen LogP contribution is -2.19. The minimum absolute atomic E-state index is 0.0886. The second kappa shape index (κ2) is 16.0. The van der Waals surface area contributed by atoms with E-state index in [9.17, 15) is 14.4 Å². The van der Waals surface area contributed by atoms with Gasteiger partial charge in [-0.3, -0.25) is 29.3 Å². The van der Waals surface area contributed by atoms with Gasteiger partial charge in [-0.1, -0.05) is 65.2 Å². The highest BCUT2D eigenvalue weighted by atomic mass is 16.6. The lowest BCUT2D eigenvalue weighted by molar-refractivity contribution is -0.145. The van der Waals surface area contributed by atoms with Crippen molar-refractivity contribution in [3.8, 4) is 0 Å². The molecule has 34 heavy (non-hydrogen) atoms. The third kappa shape index (κ3) is 10.0. The summed E-state index contributed by atoms with van der Waals surface area (Å²) in [5.41, 5.74) is 0.0385. The highest BCUT2D eigenvalue weighted by Crippen LogP contribution is 2.10. The Morgan fingerprint density at radius 1 is 0.971 bits per heavy atom. The number of H-pyrrole nitrogens is 1. The monoisotopic (exact) mass is 477 g/mol. The normalized spacial score (nSPS) is 11.1. The summed E-state index contributed by atoms with van der Waals surface area (Å²) in [6.45, 7) is 4.77. The average Bonchev–Trinajstić information content (AvgIpc) is 3.22. The summed E-state index contributed by atoms with van der Waals surface area (Å²) in [5, 5.41) is 2.65. The fraction of sp³-hybridized carbons (Fsp3) is 0.708. The molecule has 0 aliphatic heterocycles. The quantitative estimate of drug-likeness (QED) is 0.242. The molecule has 190 valence electrons. The van der Waals surface area contributed by atoms with Crippen molar-refractivity contribution < 1.29 is 19.1 Å². The summed E-state index contributed by atoms with van der Waals surface area (Å²) in [6, 6.07) is 0. The molecule has 1 amide bonds. The van der Waals surface area contributed by atoms with Crippen LogP contribution in [0.5, 0.6) is 0 Å². The first kappa shape index (κ1) is 27.5. The number of carbonyl (C=O) groups is 2. The lowest BCUT2D eigenvalue weighted by Gasteiger charge is -2.08. The van der Waals surface area contributed by atoms with Crippen LogP contribution >= 0.6 is 0 Å². The van der Waals surface area contributed by atoms with Crippen molar-refractivity contribution in [2.75, 3.05) is 18.5 Å². The van der Waals surface area contributed by atoms with Crippen LogP contribution in [0.1, 0.15) is 90.9 Å². The van der Waals surface area contributed by atoms with Crippen LogP contribution in [0.2, 0.25) is 0 Å². The van der Waals surface area contributed by atoms with E-state index >= 15 is 0 Å². The number of aromatic amines is 1. The number of ether oxygens (including phenoxy) is 2. The summed E-state index contributed by atoms with van der Waals surface area (Å²) in [4.78, 5) is 47.2. The zero-order valence-corrected chi connectivity index (χ0v) is 20.6. The molecule has 2 rings (SSSR count). The van der Waals surface area contributed by atoms with Gasteiger partial charge in [0.2, 0.25) is 11.9 Å². The van der Waals surface area contributed by atoms with Gasteiger partial charge in [0.1, 0.15) is 13.3 Å². The van der Waals surface area contributed by atoms with Crippen LogP contribution in [0, 0.1) is 0 Å². The van der Waals surface area contributed by atoms with Gasteiger partial charge in [0.15, 0.2) is 11.2 Å². The number of nitrogens with one attached hydrogen (secondary N) is 2. The molecule has 0 bridgehead atoms. The number of rotatable bonds is 18. The Hall–Kier alpha value is -2.75. The predicted molar refractivity (Wildman–Crippen MR) is 130 cm³/mol. The van der Waals surface area contributed by atoms with Crippen LogP contribution in [0.25, 0.3) is 11.2 Å². The van der Waals surface area contributed by atoms with E-state index in [1.807, 2.05) is 0 Å². The molecule has 0 unspecified atom stereocenters. The van der Waals surface area contributed by atoms with Crippen LogP contribution in [-0.4, -0.2) is 44.6 Å². The number of fused-ring (bicyclic) bond motifs is 1. The van der Waals surface area contributed by atoms with Crippen LogP contribution in [-0.2, 0) is 25.8 Å². The molecular weight excluding hydrogens is 438 g/mol. The molecule has 0 fully saturated rings. The van der Waals surface area contributed by atoms with Crippen molar-refractivity contribution >= 4 is 29.0 Å². The van der Waals surface area contributed by atoms with Gasteiger partial charge in [0, 0.05) is 12.8 Å². The van der Waals surface area contributed by atoms with Gasteiger partial charge < -0.3 is 9.47 Å². The molecule has 2 aromatic rings. The van der Waals surface area contributed by atoms with E-state index in [1.54, 1.807) is 4.57 Å². The third-order valence-electron chi connectivity index (χ3n) is 5.45. The molecule has 2 N–H and O–H groups in total. The van der Waals surface area contributed by atoms with Gasteiger partial charge in [0.25, 0.3) is 5.56 Å². The number of hydrogen-bond donors (Lipinski definition) is 2. The topological polar surface area (TPSA) is 128 Å². The maximum absolute atomic E-state index is 12.3. The van der Waals surface area contributed by atoms with Crippen LogP contribution in [0.15, 0.2) is 11.1 Å². The zero-order valence-electron chi connectivity index (χ0n) is 20.6. The van der Waals surface area contributed by atoms with E-state index in [-0.39, 0.29) is 43.3 Å². The van der Waals surface area contributed by atoms with Crippen LogP contribution in [0.3, 0.4) is 0 Å². The summed E-state index contributed by atoms with van der Waals surface area (Å²) in [7, 11) is 0. The van der Waals surface area contributed by atoms with E-state index < -0.39 is 5.56 Å². The van der Waals surface area contributed by atoms with Crippen molar-refractivity contribution in [3.05, 3.63) is 16.7 Å². The van der Waals surface area contributed by atoms with Crippen molar-refractivity contribution in [2.45, 2.75) is 97.6 Å². The van der Waals surface area contributed by atoms with Gasteiger partial charge in [-0.05, 0) is 12.8 Å². The second-order valence-electron chi connectivity index (χ2n) is 8.44. The fourth-order valence-corrected chi connectivity index (χ4v) is 3.51. The number of nitrogens with zero attached hydrogens (tertiary/aromatic N) is 3. The van der Waals surface area contributed by atoms with Crippen molar-refractivity contribution in [3.63, 3.8) is 0 Å². The summed E-state index contributed by atoms with van der Waals surface area (Å²) >= 11 is 0. The maximum atomic E-state index is 12.3. The van der Waals surface area contributed by atoms with Crippen molar-refractivity contribution in [1.82, 2.24) is 19.5 Å². The standard InChI is InChI=1S/C24H39N5O5/c1-3-5-7-9-11-13-19(30)26-24-27-22-21(23(32)28-24)25-17-29(22)18-33-15-16-34-20(31)14-12-10-8-6-4-2/h17H,3-16,18H2,1-2H3,(H2,26,27,28,30,32). The largest absolute Gasteiger partial charge is 0.463 e. The lowest BCUT2D eigenvalue weighted by atomic mass is 10.1. The van der Waals surface area contributed by atoms with E-state index in [0.717, 1.165) is 44.9 Å².